The van der Waals surface area contributed by atoms with Crippen molar-refractivity contribution < 1.29 is 9.92 Å². The molecule has 16 heavy (non-hydrogen) atoms. The van der Waals surface area contributed by atoms with Gasteiger partial charge in [-0.1, -0.05) is 6.92 Å². The molecule has 6 nitrogen and oxygen atoms in total. The van der Waals surface area contributed by atoms with Crippen LogP contribution in [0.2, 0.25) is 0 Å². The highest BCUT2D eigenvalue weighted by Gasteiger charge is 2.12. The van der Waals surface area contributed by atoms with E-state index in [9.17, 15) is 10.1 Å². The molecule has 1 rings (SSSR count). The van der Waals surface area contributed by atoms with Gasteiger partial charge in [-0.2, -0.15) is 0 Å². The van der Waals surface area contributed by atoms with Crippen LogP contribution in [-0.4, -0.2) is 16.7 Å². The van der Waals surface area contributed by atoms with Gasteiger partial charge in [-0.05, 0) is 13.3 Å². The fourth-order valence-electron chi connectivity index (χ4n) is 1.23. The van der Waals surface area contributed by atoms with Gasteiger partial charge in [0.1, 0.15) is 11.6 Å². The lowest BCUT2D eigenvalue weighted by molar-refractivity contribution is -0.757. The first-order valence-electron chi connectivity index (χ1n) is 5.03. The molecule has 0 saturated heterocycles. The third-order valence-corrected chi connectivity index (χ3v) is 3.54. The van der Waals surface area contributed by atoms with Crippen molar-refractivity contribution in [2.45, 2.75) is 32.7 Å². The molecule has 1 atom stereocenters. The van der Waals surface area contributed by atoms with Crippen LogP contribution in [0, 0.1) is 17.0 Å². The Morgan fingerprint density at radius 2 is 2.38 bits per heavy atom. The molecule has 0 spiro atoms. The molecule has 1 aromatic heterocycles. The van der Waals surface area contributed by atoms with Gasteiger partial charge in [0.05, 0.1) is 11.7 Å². The van der Waals surface area contributed by atoms with Gasteiger partial charge >= 0.3 is 0 Å². The second-order valence-electron chi connectivity index (χ2n) is 3.38. The van der Waals surface area contributed by atoms with Gasteiger partial charge in [0.2, 0.25) is 0 Å². The quantitative estimate of drug-likeness (QED) is 0.607. The normalized spacial score (nSPS) is 12.4. The van der Waals surface area contributed by atoms with Crippen LogP contribution in [0.25, 0.3) is 0 Å². The van der Waals surface area contributed by atoms with Crippen molar-refractivity contribution >= 4 is 11.3 Å². The number of nitrogens with two attached hydrogens (primary N) is 1. The van der Waals surface area contributed by atoms with E-state index in [0.29, 0.717) is 6.42 Å². The number of aromatic nitrogens is 1. The lowest BCUT2D eigenvalue weighted by atomic mass is 10.2. The molecule has 1 unspecified atom stereocenters. The van der Waals surface area contributed by atoms with Crippen LogP contribution in [-0.2, 0) is 11.3 Å². The van der Waals surface area contributed by atoms with Crippen LogP contribution < -0.4 is 5.73 Å². The summed E-state index contributed by atoms with van der Waals surface area (Å²) in [6, 6.07) is -0.0473. The monoisotopic (exact) mass is 245 g/mol. The van der Waals surface area contributed by atoms with Crippen LogP contribution in [0.4, 0.5) is 0 Å². The Hall–Kier alpha value is -1.21. The minimum absolute atomic E-state index is 0.0473. The average Bonchev–Trinajstić information content (AvgIpc) is 2.59. The van der Waals surface area contributed by atoms with Gasteiger partial charge in [-0.25, -0.2) is 4.98 Å². The molecular weight excluding hydrogens is 230 g/mol. The lowest BCUT2D eigenvalue weighted by Crippen LogP contribution is -2.07. The van der Waals surface area contributed by atoms with Crippen LogP contribution in [0.15, 0.2) is 0 Å². The molecule has 1 aromatic rings. The Morgan fingerprint density at radius 1 is 1.69 bits per heavy atom. The zero-order chi connectivity index (χ0) is 12.1. The predicted molar refractivity (Wildman–Crippen MR) is 60.7 cm³/mol. The van der Waals surface area contributed by atoms with Gasteiger partial charge in [-0.3, -0.25) is 0 Å². The number of hydrogen-bond donors (Lipinski definition) is 1. The number of thiazole rings is 1. The van der Waals surface area contributed by atoms with Gasteiger partial charge in [0.15, 0.2) is 0 Å². The minimum atomic E-state index is -0.783. The zero-order valence-electron chi connectivity index (χ0n) is 9.30. The second kappa shape index (κ2) is 5.76. The molecular formula is C9H15N3O3S. The van der Waals surface area contributed by atoms with E-state index in [1.54, 1.807) is 0 Å². The molecule has 90 valence electrons. The summed E-state index contributed by atoms with van der Waals surface area (Å²) in [5.74, 6) is 0. The third-order valence-electron chi connectivity index (χ3n) is 2.19. The summed E-state index contributed by atoms with van der Waals surface area (Å²) >= 11 is 1.51. The van der Waals surface area contributed by atoms with Gasteiger partial charge in [0, 0.05) is 11.3 Å². The average molecular weight is 245 g/mol. The summed E-state index contributed by atoms with van der Waals surface area (Å²) in [5, 5.41) is 10.1. The Balaban J connectivity index is 2.59. The SMILES string of the molecule is CCC(N)c1nc(C)c(CCO[N+](=O)[O-])s1. The molecule has 0 saturated carbocycles. The maximum Gasteiger partial charge on any atom is 0.294 e. The summed E-state index contributed by atoms with van der Waals surface area (Å²) in [7, 11) is 0. The van der Waals surface area contributed by atoms with Crippen LogP contribution >= 0.6 is 11.3 Å². The van der Waals surface area contributed by atoms with E-state index in [4.69, 9.17) is 5.73 Å². The molecule has 0 amide bonds. The van der Waals surface area contributed by atoms with Crippen molar-refractivity contribution in [3.63, 3.8) is 0 Å². The number of nitrogens with zero attached hydrogens (tertiary/aromatic N) is 2. The second-order valence-corrected chi connectivity index (χ2v) is 4.50. The standard InChI is InChI=1S/C9H15N3O3S/c1-3-7(10)9-11-6(2)8(16-9)4-5-15-12(13)14/h7H,3-5,10H2,1-2H3. The Kier molecular flexibility index (Phi) is 4.63. The molecule has 0 bridgehead atoms. The van der Waals surface area contributed by atoms with Crippen molar-refractivity contribution in [1.29, 1.82) is 0 Å². The molecule has 1 heterocycles. The van der Waals surface area contributed by atoms with E-state index in [1.165, 1.54) is 11.3 Å². The highest BCUT2D eigenvalue weighted by atomic mass is 32.1. The first-order valence-corrected chi connectivity index (χ1v) is 5.85. The molecule has 7 heteroatoms. The van der Waals surface area contributed by atoms with Crippen molar-refractivity contribution in [2.75, 3.05) is 6.61 Å². The maximum absolute atomic E-state index is 9.99. The van der Waals surface area contributed by atoms with Crippen LogP contribution in [0.1, 0.15) is 35.0 Å². The first-order chi connectivity index (χ1) is 7.54. The summed E-state index contributed by atoms with van der Waals surface area (Å²) in [5.41, 5.74) is 6.75. The zero-order valence-corrected chi connectivity index (χ0v) is 10.1. The predicted octanol–water partition coefficient (Wildman–Crippen LogP) is 1.61. The minimum Gasteiger partial charge on any atom is -0.322 e. The van der Waals surface area contributed by atoms with Crippen LogP contribution in [0.5, 0.6) is 0 Å². The van der Waals surface area contributed by atoms with Crippen molar-refractivity contribution in [3.8, 4) is 0 Å². The van der Waals surface area contributed by atoms with E-state index in [-0.39, 0.29) is 12.6 Å². The molecule has 0 aliphatic rings. The molecule has 0 fully saturated rings. The summed E-state index contributed by atoms with van der Waals surface area (Å²) in [4.78, 5) is 19.6. The maximum atomic E-state index is 9.99. The van der Waals surface area contributed by atoms with E-state index in [1.807, 2.05) is 13.8 Å². The molecule has 0 aliphatic heterocycles. The van der Waals surface area contributed by atoms with Gasteiger partial charge in [-0.15, -0.1) is 21.5 Å². The number of rotatable bonds is 6. The summed E-state index contributed by atoms with van der Waals surface area (Å²) < 4.78 is 0. The summed E-state index contributed by atoms with van der Waals surface area (Å²) in [6.07, 6.45) is 1.33. The van der Waals surface area contributed by atoms with Crippen molar-refractivity contribution in [3.05, 3.63) is 25.7 Å². The van der Waals surface area contributed by atoms with Crippen LogP contribution in [0.3, 0.4) is 0 Å². The van der Waals surface area contributed by atoms with Gasteiger partial charge in [0.25, 0.3) is 5.09 Å². The van der Waals surface area contributed by atoms with E-state index in [2.05, 4.69) is 9.82 Å². The molecule has 0 aliphatic carbocycles. The number of aryl methyl sites for hydroxylation is 1. The fraction of sp³-hybridized carbons (Fsp3) is 0.667. The van der Waals surface area contributed by atoms with Crippen molar-refractivity contribution in [1.82, 2.24) is 4.98 Å². The largest absolute Gasteiger partial charge is 0.322 e. The van der Waals surface area contributed by atoms with E-state index in [0.717, 1.165) is 22.0 Å². The van der Waals surface area contributed by atoms with E-state index >= 15 is 0 Å². The summed E-state index contributed by atoms with van der Waals surface area (Å²) in [6.45, 7) is 3.94. The fourth-order valence-corrected chi connectivity index (χ4v) is 2.36. The van der Waals surface area contributed by atoms with Crippen molar-refractivity contribution in [2.24, 2.45) is 5.73 Å². The molecule has 2 N–H and O–H groups in total. The highest BCUT2D eigenvalue weighted by molar-refractivity contribution is 7.11. The first kappa shape index (κ1) is 12.9. The Morgan fingerprint density at radius 3 is 2.94 bits per heavy atom. The van der Waals surface area contributed by atoms with Gasteiger partial charge < -0.3 is 10.6 Å². The number of hydrogen-bond acceptors (Lipinski definition) is 6. The lowest BCUT2D eigenvalue weighted by Gasteiger charge is -2.02. The smallest absolute Gasteiger partial charge is 0.294 e. The molecule has 0 radical (unpaired) electrons. The Labute approximate surface area is 97.5 Å². The van der Waals surface area contributed by atoms with E-state index < -0.39 is 5.09 Å². The third kappa shape index (κ3) is 3.42. The Bertz CT molecular complexity index is 367. The molecule has 0 aromatic carbocycles. The topological polar surface area (TPSA) is 91.3 Å². The highest BCUT2D eigenvalue weighted by Crippen LogP contribution is 2.24.